The van der Waals surface area contributed by atoms with E-state index >= 15 is 0 Å². The van der Waals surface area contributed by atoms with Crippen LogP contribution in [0.2, 0.25) is 0 Å². The van der Waals surface area contributed by atoms with Gasteiger partial charge in [0.1, 0.15) is 5.75 Å². The highest BCUT2D eigenvalue weighted by molar-refractivity contribution is 5.98. The number of carbonyl (C=O) groups excluding carboxylic acids is 2. The largest absolute Gasteiger partial charge is 0.495 e. The standard InChI is InChI=1S/C17H16N2O6/c1-11(16(20)18-14-5-3-4-6-15(14)24-2)25-17(21)12-7-9-13(10-8-12)19(22)23/h3-11H,1-2H3,(H,18,20)/t11-/m0/s1. The van der Waals surface area contributed by atoms with Gasteiger partial charge >= 0.3 is 5.97 Å². The van der Waals surface area contributed by atoms with E-state index < -0.39 is 22.9 Å². The molecule has 0 fully saturated rings. The molecule has 1 N–H and O–H groups in total. The second-order valence-electron chi connectivity index (χ2n) is 5.04. The van der Waals surface area contributed by atoms with Gasteiger partial charge in [-0.1, -0.05) is 12.1 Å². The number of non-ortho nitro benzene ring substituents is 1. The molecule has 0 radical (unpaired) electrons. The SMILES string of the molecule is COc1ccccc1NC(=O)[C@H](C)OC(=O)c1ccc([N+](=O)[O-])cc1. The van der Waals surface area contributed by atoms with E-state index in [9.17, 15) is 19.7 Å². The Morgan fingerprint density at radius 3 is 2.36 bits per heavy atom. The van der Waals surface area contributed by atoms with Crippen molar-refractivity contribution in [3.05, 3.63) is 64.2 Å². The lowest BCUT2D eigenvalue weighted by Gasteiger charge is -2.15. The van der Waals surface area contributed by atoms with E-state index in [4.69, 9.17) is 9.47 Å². The summed E-state index contributed by atoms with van der Waals surface area (Å²) in [5.41, 5.74) is 0.425. The van der Waals surface area contributed by atoms with Crippen molar-refractivity contribution in [2.24, 2.45) is 0 Å². The van der Waals surface area contributed by atoms with Crippen LogP contribution in [0.4, 0.5) is 11.4 Å². The van der Waals surface area contributed by atoms with E-state index in [0.717, 1.165) is 0 Å². The minimum Gasteiger partial charge on any atom is -0.495 e. The summed E-state index contributed by atoms with van der Waals surface area (Å²) < 4.78 is 10.2. The maximum atomic E-state index is 12.2. The normalized spacial score (nSPS) is 11.3. The molecular weight excluding hydrogens is 328 g/mol. The second kappa shape index (κ2) is 7.91. The van der Waals surface area contributed by atoms with Crippen molar-refractivity contribution >= 4 is 23.3 Å². The van der Waals surface area contributed by atoms with Crippen LogP contribution in [0, 0.1) is 10.1 Å². The highest BCUT2D eigenvalue weighted by Crippen LogP contribution is 2.23. The number of methoxy groups -OCH3 is 1. The third-order valence-electron chi connectivity index (χ3n) is 3.33. The van der Waals surface area contributed by atoms with Gasteiger partial charge in [-0.25, -0.2) is 4.79 Å². The van der Waals surface area contributed by atoms with Crippen LogP contribution in [0.3, 0.4) is 0 Å². The van der Waals surface area contributed by atoms with E-state index in [0.29, 0.717) is 11.4 Å². The van der Waals surface area contributed by atoms with Crippen molar-refractivity contribution in [3.63, 3.8) is 0 Å². The molecule has 130 valence electrons. The van der Waals surface area contributed by atoms with Crippen LogP contribution in [-0.2, 0) is 9.53 Å². The predicted molar refractivity (Wildman–Crippen MR) is 89.6 cm³/mol. The zero-order chi connectivity index (χ0) is 18.4. The number of nitro groups is 1. The molecule has 8 nitrogen and oxygen atoms in total. The minimum atomic E-state index is -1.06. The van der Waals surface area contributed by atoms with Gasteiger partial charge in [0, 0.05) is 12.1 Å². The number of amides is 1. The fourth-order valence-electron chi connectivity index (χ4n) is 1.98. The summed E-state index contributed by atoms with van der Waals surface area (Å²) in [6.45, 7) is 1.42. The van der Waals surface area contributed by atoms with Crippen LogP contribution < -0.4 is 10.1 Å². The first-order valence-electron chi connectivity index (χ1n) is 7.31. The van der Waals surface area contributed by atoms with Gasteiger partial charge in [0.25, 0.3) is 11.6 Å². The van der Waals surface area contributed by atoms with E-state index in [-0.39, 0.29) is 11.3 Å². The van der Waals surface area contributed by atoms with Crippen LogP contribution in [0.25, 0.3) is 0 Å². The minimum absolute atomic E-state index is 0.113. The molecule has 0 bridgehead atoms. The molecular formula is C17H16N2O6. The van der Waals surface area contributed by atoms with Crippen molar-refractivity contribution in [3.8, 4) is 5.75 Å². The summed E-state index contributed by atoms with van der Waals surface area (Å²) in [5, 5.41) is 13.2. The van der Waals surface area contributed by atoms with Crippen LogP contribution in [0.1, 0.15) is 17.3 Å². The van der Waals surface area contributed by atoms with Gasteiger partial charge in [-0.3, -0.25) is 14.9 Å². The molecule has 0 aliphatic heterocycles. The highest BCUT2D eigenvalue weighted by atomic mass is 16.6. The average molecular weight is 344 g/mol. The van der Waals surface area contributed by atoms with Gasteiger partial charge in [0.05, 0.1) is 23.3 Å². The molecule has 25 heavy (non-hydrogen) atoms. The van der Waals surface area contributed by atoms with Gasteiger partial charge in [-0.2, -0.15) is 0 Å². The number of benzene rings is 2. The first-order chi connectivity index (χ1) is 11.9. The summed E-state index contributed by atoms with van der Waals surface area (Å²) in [6, 6.07) is 11.7. The third kappa shape index (κ3) is 4.54. The fourth-order valence-corrected chi connectivity index (χ4v) is 1.98. The Kier molecular flexibility index (Phi) is 5.67. The Morgan fingerprint density at radius 2 is 1.76 bits per heavy atom. The molecule has 0 aliphatic carbocycles. The molecule has 0 saturated heterocycles. The average Bonchev–Trinajstić information content (AvgIpc) is 2.62. The maximum Gasteiger partial charge on any atom is 0.338 e. The number of ether oxygens (including phenoxy) is 2. The Morgan fingerprint density at radius 1 is 1.12 bits per heavy atom. The zero-order valence-electron chi connectivity index (χ0n) is 13.6. The maximum absolute atomic E-state index is 12.2. The van der Waals surface area contributed by atoms with Crippen molar-refractivity contribution in [1.29, 1.82) is 0 Å². The quantitative estimate of drug-likeness (QED) is 0.490. The smallest absolute Gasteiger partial charge is 0.338 e. The Balaban J connectivity index is 2.00. The lowest BCUT2D eigenvalue weighted by molar-refractivity contribution is -0.384. The molecule has 1 atom stereocenters. The summed E-state index contributed by atoms with van der Waals surface area (Å²) >= 11 is 0. The monoisotopic (exact) mass is 344 g/mol. The Labute approximate surface area is 143 Å². The number of hydrogen-bond acceptors (Lipinski definition) is 6. The van der Waals surface area contributed by atoms with Gasteiger partial charge < -0.3 is 14.8 Å². The van der Waals surface area contributed by atoms with Gasteiger partial charge in [-0.05, 0) is 31.2 Å². The topological polar surface area (TPSA) is 108 Å². The number of nitrogens with zero attached hydrogens (tertiary/aromatic N) is 1. The molecule has 1 amide bonds. The first-order valence-corrected chi connectivity index (χ1v) is 7.31. The molecule has 0 unspecified atom stereocenters. The third-order valence-corrected chi connectivity index (χ3v) is 3.33. The van der Waals surface area contributed by atoms with E-state index in [1.165, 1.54) is 38.3 Å². The Hall–Kier alpha value is -3.42. The van der Waals surface area contributed by atoms with Crippen LogP contribution in [-0.4, -0.2) is 30.0 Å². The molecule has 2 aromatic rings. The van der Waals surface area contributed by atoms with Crippen molar-refractivity contribution in [1.82, 2.24) is 0 Å². The summed E-state index contributed by atoms with van der Waals surface area (Å²) in [6.07, 6.45) is -1.06. The number of anilines is 1. The predicted octanol–water partition coefficient (Wildman–Crippen LogP) is 2.79. The summed E-state index contributed by atoms with van der Waals surface area (Å²) in [4.78, 5) is 34.2. The number of hydrogen-bond donors (Lipinski definition) is 1. The molecule has 0 aromatic heterocycles. The molecule has 0 saturated carbocycles. The van der Waals surface area contributed by atoms with Gasteiger partial charge in [0.15, 0.2) is 6.10 Å². The summed E-state index contributed by atoms with van der Waals surface area (Å²) in [7, 11) is 1.48. The van der Waals surface area contributed by atoms with Gasteiger partial charge in [-0.15, -0.1) is 0 Å². The van der Waals surface area contributed by atoms with Crippen LogP contribution in [0.15, 0.2) is 48.5 Å². The number of nitrogens with one attached hydrogen (secondary N) is 1. The number of nitro benzene ring substituents is 1. The summed E-state index contributed by atoms with van der Waals surface area (Å²) in [5.74, 6) is -0.804. The number of para-hydroxylation sites is 2. The molecule has 2 aromatic carbocycles. The van der Waals surface area contributed by atoms with Crippen molar-refractivity contribution in [2.75, 3.05) is 12.4 Å². The van der Waals surface area contributed by atoms with Crippen LogP contribution in [0.5, 0.6) is 5.75 Å². The van der Waals surface area contributed by atoms with E-state index in [2.05, 4.69) is 5.32 Å². The van der Waals surface area contributed by atoms with E-state index in [1.807, 2.05) is 0 Å². The van der Waals surface area contributed by atoms with Crippen LogP contribution >= 0.6 is 0 Å². The number of rotatable bonds is 6. The molecule has 8 heteroatoms. The Bertz CT molecular complexity index is 788. The molecule has 0 spiro atoms. The van der Waals surface area contributed by atoms with Crippen molar-refractivity contribution < 1.29 is 24.0 Å². The first kappa shape index (κ1) is 17.9. The lowest BCUT2D eigenvalue weighted by Crippen LogP contribution is -2.30. The lowest BCUT2D eigenvalue weighted by atomic mass is 10.2. The van der Waals surface area contributed by atoms with Crippen molar-refractivity contribution in [2.45, 2.75) is 13.0 Å². The zero-order valence-corrected chi connectivity index (χ0v) is 13.6. The molecule has 0 heterocycles. The second-order valence-corrected chi connectivity index (χ2v) is 5.04. The fraction of sp³-hybridized carbons (Fsp3) is 0.176. The molecule has 0 aliphatic rings. The molecule has 2 rings (SSSR count). The highest BCUT2D eigenvalue weighted by Gasteiger charge is 2.20. The van der Waals surface area contributed by atoms with E-state index in [1.54, 1.807) is 24.3 Å². The number of carbonyl (C=O) groups is 2. The van der Waals surface area contributed by atoms with Gasteiger partial charge in [0.2, 0.25) is 0 Å². The number of esters is 1.